The fraction of sp³-hybridized carbons (Fsp3) is 0.278. The van der Waals surface area contributed by atoms with Crippen LogP contribution < -0.4 is 10.6 Å². The molecule has 2 N–H and O–H groups in total. The van der Waals surface area contributed by atoms with Gasteiger partial charge in [0.2, 0.25) is 5.91 Å². The quantitative estimate of drug-likeness (QED) is 0.791. The summed E-state index contributed by atoms with van der Waals surface area (Å²) in [6.45, 7) is 2.20. The number of hydrogen-bond donors (Lipinski definition) is 2. The number of amides is 1. The lowest BCUT2D eigenvalue weighted by atomic mass is 10.0. The number of carbonyl (C=O) groups is 1. The van der Waals surface area contributed by atoms with Gasteiger partial charge in [0.15, 0.2) is 0 Å². The summed E-state index contributed by atoms with van der Waals surface area (Å²) in [5.41, 5.74) is 1.42. The van der Waals surface area contributed by atoms with Gasteiger partial charge < -0.3 is 10.6 Å². The predicted molar refractivity (Wildman–Crippen MR) is 90.7 cm³/mol. The Balaban J connectivity index is 1.84. The van der Waals surface area contributed by atoms with Crippen molar-refractivity contribution >= 4 is 17.5 Å². The van der Waals surface area contributed by atoms with Crippen molar-refractivity contribution in [1.82, 2.24) is 10.6 Å². The first-order chi connectivity index (χ1) is 11.5. The number of halogens is 3. The van der Waals surface area contributed by atoms with Crippen LogP contribution in [0.25, 0.3) is 0 Å². The van der Waals surface area contributed by atoms with Crippen LogP contribution in [0.1, 0.15) is 30.5 Å². The van der Waals surface area contributed by atoms with Crippen molar-refractivity contribution in [2.75, 3.05) is 6.54 Å². The van der Waals surface area contributed by atoms with Crippen LogP contribution in [0, 0.1) is 11.6 Å². The topological polar surface area (TPSA) is 41.1 Å². The second-order valence-corrected chi connectivity index (χ2v) is 5.88. The molecule has 128 valence electrons. The third-order valence-corrected chi connectivity index (χ3v) is 3.85. The molecule has 0 saturated carbocycles. The molecule has 2 aromatic rings. The first-order valence-corrected chi connectivity index (χ1v) is 8.06. The van der Waals surface area contributed by atoms with Crippen LogP contribution in [0.5, 0.6) is 0 Å². The molecule has 1 atom stereocenters. The molecule has 0 bridgehead atoms. The van der Waals surface area contributed by atoms with Crippen LogP contribution in [0.2, 0.25) is 5.02 Å². The summed E-state index contributed by atoms with van der Waals surface area (Å²) < 4.78 is 26.2. The number of hydrogen-bond acceptors (Lipinski definition) is 2. The molecule has 0 radical (unpaired) electrons. The van der Waals surface area contributed by atoms with E-state index in [1.54, 1.807) is 12.1 Å². The summed E-state index contributed by atoms with van der Waals surface area (Å²) in [7, 11) is 0. The van der Waals surface area contributed by atoms with Crippen LogP contribution in [0.4, 0.5) is 8.78 Å². The number of nitrogens with one attached hydrogen (secondary N) is 2. The van der Waals surface area contributed by atoms with Gasteiger partial charge in [-0.05, 0) is 41.8 Å². The highest BCUT2D eigenvalue weighted by molar-refractivity contribution is 6.30. The molecule has 2 rings (SSSR count). The highest BCUT2D eigenvalue weighted by atomic mass is 35.5. The fourth-order valence-corrected chi connectivity index (χ4v) is 2.51. The van der Waals surface area contributed by atoms with Crippen LogP contribution in [0.3, 0.4) is 0 Å². The van der Waals surface area contributed by atoms with Gasteiger partial charge in [-0.3, -0.25) is 4.79 Å². The van der Waals surface area contributed by atoms with Gasteiger partial charge in [0.1, 0.15) is 11.6 Å². The molecule has 0 fully saturated rings. The Labute approximate surface area is 145 Å². The van der Waals surface area contributed by atoms with E-state index in [0.717, 1.165) is 18.1 Å². The molecule has 0 aliphatic rings. The summed E-state index contributed by atoms with van der Waals surface area (Å²) in [6, 6.07) is 10.6. The molecule has 0 aliphatic carbocycles. The second kappa shape index (κ2) is 8.76. The first kappa shape index (κ1) is 18.4. The van der Waals surface area contributed by atoms with E-state index in [0.29, 0.717) is 10.6 Å². The van der Waals surface area contributed by atoms with E-state index < -0.39 is 11.6 Å². The van der Waals surface area contributed by atoms with Crippen molar-refractivity contribution < 1.29 is 13.6 Å². The van der Waals surface area contributed by atoms with Crippen LogP contribution in [-0.2, 0) is 11.3 Å². The van der Waals surface area contributed by atoms with E-state index in [2.05, 4.69) is 10.6 Å². The zero-order valence-electron chi connectivity index (χ0n) is 13.3. The summed E-state index contributed by atoms with van der Waals surface area (Å²) in [6.07, 6.45) is 0.810. The maximum atomic E-state index is 13.1. The van der Waals surface area contributed by atoms with Crippen molar-refractivity contribution in [3.8, 4) is 0 Å². The Morgan fingerprint density at radius 1 is 1.12 bits per heavy atom. The Morgan fingerprint density at radius 3 is 2.33 bits per heavy atom. The molecule has 6 heteroatoms. The molecule has 3 nitrogen and oxygen atoms in total. The molecule has 0 saturated heterocycles. The standard InChI is InChI=1S/C18H19ClF2N2O/c1-2-17(13-3-5-14(19)6-4-13)22-11-18(24)23-10-12-7-15(20)9-16(21)8-12/h3-9,17,22H,2,10-11H2,1H3,(H,23,24). The number of benzene rings is 2. The SMILES string of the molecule is CCC(NCC(=O)NCc1cc(F)cc(F)c1)c1ccc(Cl)cc1. The zero-order chi connectivity index (χ0) is 17.5. The van der Waals surface area contributed by atoms with Gasteiger partial charge in [-0.25, -0.2) is 8.78 Å². The molecule has 24 heavy (non-hydrogen) atoms. The van der Waals surface area contributed by atoms with Crippen LogP contribution in [0.15, 0.2) is 42.5 Å². The first-order valence-electron chi connectivity index (χ1n) is 7.68. The minimum Gasteiger partial charge on any atom is -0.351 e. The Bertz CT molecular complexity index is 672. The monoisotopic (exact) mass is 352 g/mol. The summed E-state index contributed by atoms with van der Waals surface area (Å²) >= 11 is 5.87. The molecule has 1 unspecified atom stereocenters. The Hall–Kier alpha value is -1.98. The highest BCUT2D eigenvalue weighted by Crippen LogP contribution is 2.18. The molecule has 0 spiro atoms. The predicted octanol–water partition coefficient (Wildman–Crippen LogP) is 3.98. The maximum absolute atomic E-state index is 13.1. The molecule has 2 aromatic carbocycles. The van der Waals surface area contributed by atoms with Gasteiger partial charge in [-0.1, -0.05) is 30.7 Å². The summed E-state index contributed by atoms with van der Waals surface area (Å²) in [5.74, 6) is -1.57. The van der Waals surface area contributed by atoms with Gasteiger partial charge >= 0.3 is 0 Å². The average Bonchev–Trinajstić information content (AvgIpc) is 2.54. The lowest BCUT2D eigenvalue weighted by Crippen LogP contribution is -2.35. The van der Waals surface area contributed by atoms with Gasteiger partial charge in [0.05, 0.1) is 6.54 Å². The highest BCUT2D eigenvalue weighted by Gasteiger charge is 2.11. The normalized spacial score (nSPS) is 12.0. The molecular weight excluding hydrogens is 334 g/mol. The Kier molecular flexibility index (Phi) is 6.70. The van der Waals surface area contributed by atoms with E-state index in [9.17, 15) is 13.6 Å². The van der Waals surface area contributed by atoms with Crippen molar-refractivity contribution in [1.29, 1.82) is 0 Å². The number of rotatable bonds is 7. The molecule has 1 amide bonds. The van der Waals surface area contributed by atoms with Crippen molar-refractivity contribution in [2.24, 2.45) is 0 Å². The van der Waals surface area contributed by atoms with E-state index in [1.807, 2.05) is 19.1 Å². The fourth-order valence-electron chi connectivity index (χ4n) is 2.39. The minimum atomic E-state index is -0.661. The van der Waals surface area contributed by atoms with Gasteiger partial charge in [0.25, 0.3) is 0 Å². The van der Waals surface area contributed by atoms with Crippen molar-refractivity contribution in [3.63, 3.8) is 0 Å². The van der Waals surface area contributed by atoms with Gasteiger partial charge in [0, 0.05) is 23.7 Å². The average molecular weight is 353 g/mol. The van der Waals surface area contributed by atoms with E-state index in [1.165, 1.54) is 12.1 Å². The lowest BCUT2D eigenvalue weighted by Gasteiger charge is -2.17. The molecular formula is C18H19ClF2N2O. The molecule has 0 aliphatic heterocycles. The summed E-state index contributed by atoms with van der Waals surface area (Å²) in [5, 5.41) is 6.46. The van der Waals surface area contributed by atoms with Crippen molar-refractivity contribution in [2.45, 2.75) is 25.9 Å². The zero-order valence-corrected chi connectivity index (χ0v) is 14.0. The van der Waals surface area contributed by atoms with E-state index in [4.69, 9.17) is 11.6 Å². The third kappa shape index (κ3) is 5.58. The Morgan fingerprint density at radius 2 is 1.75 bits per heavy atom. The smallest absolute Gasteiger partial charge is 0.234 e. The molecule has 0 aromatic heterocycles. The van der Waals surface area contributed by atoms with Gasteiger partial charge in [-0.2, -0.15) is 0 Å². The van der Waals surface area contributed by atoms with Crippen LogP contribution >= 0.6 is 11.6 Å². The lowest BCUT2D eigenvalue weighted by molar-refractivity contribution is -0.120. The third-order valence-electron chi connectivity index (χ3n) is 3.60. The van der Waals surface area contributed by atoms with E-state index in [-0.39, 0.29) is 25.0 Å². The van der Waals surface area contributed by atoms with Gasteiger partial charge in [-0.15, -0.1) is 0 Å². The largest absolute Gasteiger partial charge is 0.351 e. The number of carbonyl (C=O) groups excluding carboxylic acids is 1. The minimum absolute atomic E-state index is 0.0274. The maximum Gasteiger partial charge on any atom is 0.234 e. The van der Waals surface area contributed by atoms with Crippen molar-refractivity contribution in [3.05, 3.63) is 70.2 Å². The molecule has 0 heterocycles. The van der Waals surface area contributed by atoms with Crippen LogP contribution in [-0.4, -0.2) is 12.5 Å². The second-order valence-electron chi connectivity index (χ2n) is 5.45. The van der Waals surface area contributed by atoms with E-state index >= 15 is 0 Å². The summed E-state index contributed by atoms with van der Waals surface area (Å²) in [4.78, 5) is 11.9.